The molecule has 0 spiro atoms. The average Bonchev–Trinajstić information content (AvgIpc) is 2.22. The second-order valence-electron chi connectivity index (χ2n) is 3.32. The van der Waals surface area contributed by atoms with E-state index in [4.69, 9.17) is 15.9 Å². The molecule has 90 valence electrons. The summed E-state index contributed by atoms with van der Waals surface area (Å²) in [5.74, 6) is -0.335. The fourth-order valence-corrected chi connectivity index (χ4v) is 0.977. The van der Waals surface area contributed by atoms with Gasteiger partial charge in [-0.25, -0.2) is 0 Å². The normalized spacial score (nSPS) is 19.1. The Bertz CT molecular complexity index is 201. The van der Waals surface area contributed by atoms with Crippen molar-refractivity contribution in [2.75, 3.05) is 13.2 Å². The molecule has 7 N–H and O–H groups in total. The van der Waals surface area contributed by atoms with Crippen LogP contribution < -0.4 is 11.1 Å². The van der Waals surface area contributed by atoms with E-state index in [1.54, 1.807) is 0 Å². The van der Waals surface area contributed by atoms with Crippen molar-refractivity contribution in [3.8, 4) is 0 Å². The van der Waals surface area contributed by atoms with Crippen LogP contribution >= 0.6 is 0 Å². The molecule has 1 amide bonds. The summed E-state index contributed by atoms with van der Waals surface area (Å²) in [6, 6.07) is -1.14. The molecule has 0 heterocycles. The molecule has 0 aromatic rings. The van der Waals surface area contributed by atoms with Gasteiger partial charge in [-0.1, -0.05) is 0 Å². The molecule has 0 bridgehead atoms. The van der Waals surface area contributed by atoms with Gasteiger partial charge < -0.3 is 31.5 Å². The molecule has 0 aliphatic carbocycles. The molecule has 0 aromatic carbocycles. The fraction of sp³-hybridized carbons (Fsp3) is 0.875. The van der Waals surface area contributed by atoms with Crippen molar-refractivity contribution < 1.29 is 25.2 Å². The maximum Gasteiger partial charge on any atom is 0.216 e. The maximum atomic E-state index is 10.5. The topological polar surface area (TPSA) is 136 Å². The molecule has 7 heteroatoms. The van der Waals surface area contributed by atoms with Crippen LogP contribution in [0.4, 0.5) is 0 Å². The van der Waals surface area contributed by atoms with Gasteiger partial charge in [0.25, 0.3) is 0 Å². The molecular weight excluding hydrogens is 204 g/mol. The summed E-state index contributed by atoms with van der Waals surface area (Å²) in [5.41, 5.74) is 5.40. The third-order valence-corrected chi connectivity index (χ3v) is 1.98. The first-order valence-electron chi connectivity index (χ1n) is 4.55. The minimum absolute atomic E-state index is 0.119. The molecule has 0 rings (SSSR count). The second kappa shape index (κ2) is 6.70. The Morgan fingerprint density at radius 2 is 1.87 bits per heavy atom. The van der Waals surface area contributed by atoms with E-state index >= 15 is 0 Å². The molecule has 4 unspecified atom stereocenters. The van der Waals surface area contributed by atoms with Crippen LogP contribution in [0.5, 0.6) is 0 Å². The number of hydrogen-bond acceptors (Lipinski definition) is 6. The van der Waals surface area contributed by atoms with Gasteiger partial charge in [0.2, 0.25) is 5.91 Å². The standard InChI is InChI=1S/C8H18N2O5/c1-4(12)10-2-5(13)7(9)8(15)6(14)3-11/h5-8,11,13-15H,2-3,9H2,1H3,(H,10,12). The molecule has 0 fully saturated rings. The van der Waals surface area contributed by atoms with Crippen molar-refractivity contribution in [2.45, 2.75) is 31.3 Å². The van der Waals surface area contributed by atoms with E-state index in [2.05, 4.69) is 5.32 Å². The van der Waals surface area contributed by atoms with Crippen molar-refractivity contribution >= 4 is 5.91 Å². The Labute approximate surface area is 87.5 Å². The number of nitrogens with two attached hydrogens (primary N) is 1. The summed E-state index contributed by atoms with van der Waals surface area (Å²) in [7, 11) is 0. The monoisotopic (exact) mass is 222 g/mol. The van der Waals surface area contributed by atoms with Crippen LogP contribution in [0.2, 0.25) is 0 Å². The van der Waals surface area contributed by atoms with E-state index in [-0.39, 0.29) is 12.5 Å². The van der Waals surface area contributed by atoms with Gasteiger partial charge in [0.15, 0.2) is 0 Å². The Kier molecular flexibility index (Phi) is 6.37. The highest BCUT2D eigenvalue weighted by molar-refractivity contribution is 5.72. The highest BCUT2D eigenvalue weighted by Crippen LogP contribution is 2.01. The van der Waals surface area contributed by atoms with Crippen LogP contribution in [0.1, 0.15) is 6.92 Å². The van der Waals surface area contributed by atoms with E-state index in [1.165, 1.54) is 6.92 Å². The average molecular weight is 222 g/mol. The van der Waals surface area contributed by atoms with Crippen LogP contribution in [-0.4, -0.2) is 63.8 Å². The number of carbonyl (C=O) groups excluding carboxylic acids is 1. The lowest BCUT2D eigenvalue weighted by Gasteiger charge is -2.26. The minimum Gasteiger partial charge on any atom is -0.394 e. The number of amides is 1. The zero-order chi connectivity index (χ0) is 12.0. The summed E-state index contributed by atoms with van der Waals surface area (Å²) in [5, 5.41) is 38.6. The predicted octanol–water partition coefficient (Wildman–Crippen LogP) is -3.48. The quantitative estimate of drug-likeness (QED) is 0.276. The molecule has 0 aliphatic rings. The van der Waals surface area contributed by atoms with Crippen molar-refractivity contribution in [3.05, 3.63) is 0 Å². The van der Waals surface area contributed by atoms with Gasteiger partial charge in [-0.15, -0.1) is 0 Å². The van der Waals surface area contributed by atoms with Crippen molar-refractivity contribution in [1.82, 2.24) is 5.32 Å². The third-order valence-electron chi connectivity index (χ3n) is 1.98. The molecule has 0 saturated heterocycles. The smallest absolute Gasteiger partial charge is 0.216 e. The second-order valence-corrected chi connectivity index (χ2v) is 3.32. The Morgan fingerprint density at radius 3 is 2.27 bits per heavy atom. The maximum absolute atomic E-state index is 10.5. The summed E-state index contributed by atoms with van der Waals surface area (Å²) in [6.45, 7) is 0.505. The molecule has 4 atom stereocenters. The Morgan fingerprint density at radius 1 is 1.33 bits per heavy atom. The van der Waals surface area contributed by atoms with Crippen molar-refractivity contribution in [1.29, 1.82) is 0 Å². The fourth-order valence-electron chi connectivity index (χ4n) is 0.977. The molecule has 7 nitrogen and oxygen atoms in total. The van der Waals surface area contributed by atoms with Crippen LogP contribution in [0.15, 0.2) is 0 Å². The van der Waals surface area contributed by atoms with Gasteiger partial charge >= 0.3 is 0 Å². The third kappa shape index (κ3) is 5.05. The Hall–Kier alpha value is -0.730. The lowest BCUT2D eigenvalue weighted by atomic mass is 10.0. The number of hydrogen-bond donors (Lipinski definition) is 6. The first-order valence-corrected chi connectivity index (χ1v) is 4.55. The first-order chi connectivity index (χ1) is 6.90. The van der Waals surface area contributed by atoms with Gasteiger partial charge in [-0.2, -0.15) is 0 Å². The van der Waals surface area contributed by atoms with E-state index in [9.17, 15) is 15.0 Å². The van der Waals surface area contributed by atoms with Gasteiger partial charge in [0.1, 0.15) is 6.10 Å². The number of rotatable bonds is 6. The molecule has 0 radical (unpaired) electrons. The van der Waals surface area contributed by atoms with E-state index in [0.717, 1.165) is 0 Å². The van der Waals surface area contributed by atoms with Crippen LogP contribution in [0.3, 0.4) is 0 Å². The number of aliphatic hydroxyl groups is 4. The number of aliphatic hydroxyl groups excluding tert-OH is 4. The SMILES string of the molecule is CC(=O)NCC(O)C(N)C(O)C(O)CO. The zero-order valence-electron chi connectivity index (χ0n) is 8.50. The number of carbonyl (C=O) groups is 1. The van der Waals surface area contributed by atoms with Crippen LogP contribution in [0, 0.1) is 0 Å². The van der Waals surface area contributed by atoms with E-state index in [1.807, 2.05) is 0 Å². The highest BCUT2D eigenvalue weighted by Gasteiger charge is 2.28. The van der Waals surface area contributed by atoms with E-state index < -0.39 is 31.0 Å². The zero-order valence-corrected chi connectivity index (χ0v) is 8.50. The molecular formula is C8H18N2O5. The minimum atomic E-state index is -1.45. The largest absolute Gasteiger partial charge is 0.394 e. The van der Waals surface area contributed by atoms with Gasteiger partial charge in [-0.3, -0.25) is 4.79 Å². The van der Waals surface area contributed by atoms with Crippen LogP contribution in [-0.2, 0) is 4.79 Å². The predicted molar refractivity (Wildman–Crippen MR) is 51.8 cm³/mol. The Balaban J connectivity index is 4.06. The summed E-state index contributed by atoms with van der Waals surface area (Å²) >= 11 is 0. The van der Waals surface area contributed by atoms with Crippen molar-refractivity contribution in [2.24, 2.45) is 5.73 Å². The van der Waals surface area contributed by atoms with Gasteiger partial charge in [0, 0.05) is 13.5 Å². The van der Waals surface area contributed by atoms with Crippen molar-refractivity contribution in [3.63, 3.8) is 0 Å². The summed E-state index contributed by atoms with van der Waals surface area (Å²) in [4.78, 5) is 10.5. The number of nitrogens with one attached hydrogen (secondary N) is 1. The molecule has 0 saturated carbocycles. The molecule has 0 aliphatic heterocycles. The summed E-state index contributed by atoms with van der Waals surface area (Å²) < 4.78 is 0. The van der Waals surface area contributed by atoms with Gasteiger partial charge in [-0.05, 0) is 0 Å². The molecule has 0 aromatic heterocycles. The molecule has 15 heavy (non-hydrogen) atoms. The highest BCUT2D eigenvalue weighted by atomic mass is 16.4. The lowest BCUT2D eigenvalue weighted by Crippen LogP contribution is -2.54. The summed E-state index contributed by atoms with van der Waals surface area (Å²) in [6.07, 6.45) is -4.05. The lowest BCUT2D eigenvalue weighted by molar-refractivity contribution is -0.119. The van der Waals surface area contributed by atoms with Crippen LogP contribution in [0.25, 0.3) is 0 Å². The van der Waals surface area contributed by atoms with Gasteiger partial charge in [0.05, 0.1) is 24.9 Å². The first kappa shape index (κ1) is 14.3. The van der Waals surface area contributed by atoms with E-state index in [0.29, 0.717) is 0 Å².